The molecular weight excluding hydrogens is 1130 g/mol. The molecule has 0 amide bonds. The number of anilines is 6. The average Bonchev–Trinajstić information content (AvgIpc) is 1.52. The summed E-state index contributed by atoms with van der Waals surface area (Å²) in [5.41, 5.74) is 28.3. The van der Waals surface area contributed by atoms with Gasteiger partial charge in [0.05, 0.1) is 22.2 Å². The summed E-state index contributed by atoms with van der Waals surface area (Å²) in [6.45, 7) is 4.38. The van der Waals surface area contributed by atoms with Crippen LogP contribution in [-0.4, -0.2) is 0 Å². The topological polar surface area (TPSA) is 6.48 Å². The molecule has 0 aromatic heterocycles. The lowest BCUT2D eigenvalue weighted by molar-refractivity contribution is 0.769. The van der Waals surface area contributed by atoms with Crippen molar-refractivity contribution in [3.8, 4) is 44.5 Å². The van der Waals surface area contributed by atoms with Crippen molar-refractivity contribution >= 4 is 66.4 Å². The van der Waals surface area contributed by atoms with E-state index in [9.17, 15) is 0 Å². The van der Waals surface area contributed by atoms with E-state index in [0.717, 1.165) is 45.3 Å². The molecule has 16 aromatic rings. The lowest BCUT2D eigenvalue weighted by Gasteiger charge is -2.34. The quantitative estimate of drug-likeness (QED) is 0.113. The molecule has 0 aliphatic heterocycles. The van der Waals surface area contributed by atoms with E-state index in [1.165, 1.54) is 121 Å². The fourth-order valence-corrected chi connectivity index (χ4v) is 16.4. The lowest BCUT2D eigenvalue weighted by atomic mass is 9.67. The van der Waals surface area contributed by atoms with Gasteiger partial charge in [-0.25, -0.2) is 0 Å². The highest BCUT2D eigenvalue weighted by Crippen LogP contribution is 2.59. The van der Waals surface area contributed by atoms with Crippen LogP contribution in [0.5, 0.6) is 0 Å². The summed E-state index contributed by atoms with van der Waals surface area (Å²) in [5.74, 6) is 0. The van der Waals surface area contributed by atoms with Crippen LogP contribution in [0.2, 0.25) is 0 Å². The zero-order valence-electron chi connectivity index (χ0n) is 52.4. The van der Waals surface area contributed by atoms with Crippen molar-refractivity contribution in [1.82, 2.24) is 0 Å². The molecule has 0 saturated heterocycles. The minimum atomic E-state index is -0.479. The highest BCUT2D eigenvalue weighted by molar-refractivity contribution is 6.28. The first kappa shape index (κ1) is 55.0. The Labute approximate surface area is 549 Å². The Morgan fingerprint density at radius 2 is 0.553 bits per heavy atom. The molecule has 0 fully saturated rings. The van der Waals surface area contributed by atoms with Crippen LogP contribution in [0.4, 0.5) is 34.1 Å². The third-order valence-electron chi connectivity index (χ3n) is 20.4. The van der Waals surface area contributed by atoms with E-state index in [0.29, 0.717) is 0 Å². The van der Waals surface area contributed by atoms with Gasteiger partial charge in [-0.1, -0.05) is 279 Å². The zero-order valence-corrected chi connectivity index (χ0v) is 52.4. The number of aryl methyl sites for hydroxylation is 2. The van der Waals surface area contributed by atoms with Crippen LogP contribution in [0.1, 0.15) is 55.6 Å². The maximum absolute atomic E-state index is 2.46. The molecule has 0 unspecified atom stereocenters. The highest BCUT2D eigenvalue weighted by Gasteiger charge is 2.47. The minimum Gasteiger partial charge on any atom is -0.310 e. The molecule has 0 spiro atoms. The van der Waals surface area contributed by atoms with Gasteiger partial charge in [-0.05, 0) is 208 Å². The molecule has 0 saturated carbocycles. The third-order valence-corrected chi connectivity index (χ3v) is 20.4. The van der Waals surface area contributed by atoms with Gasteiger partial charge in [0, 0.05) is 33.5 Å². The van der Waals surface area contributed by atoms with Crippen LogP contribution < -0.4 is 9.80 Å². The SMILES string of the molecule is Cc1cccc(N(c2ccc(-c3cccc(C4(c5ccccc5)c5ccccc5-c5ccccc54)c3)cc2)c2ccc3ccc4c(N(c5ccc(-c6cccc(C7(c8ccccc8)c8ccccc8-c8ccccc87)c6)cc5)c5cccc(C)c5)ccc5ccc2c3c54)c1. The standard InChI is InChI=1S/C92H64N2/c1-61-21-17-31-75(57-61)93(73-49-41-63(42-50-73)67-23-19-29-71(59-67)91(69-25-5-3-6-26-69)83-37-13-9-33-77(83)78-34-10-14-38-84(78)91)87-55-47-65-46-54-82-88(56-48-66-45-53-81(87)89(65)90(66)82)94(76-32-18-22-62(2)58-76)74-51-43-64(44-52-74)68-24-20-30-72(60-68)92(70-27-7-4-8-28-70)85-39-15-11-35-79(85)80-36-12-16-40-86(80)92/h3-60H,1-2H3. The van der Waals surface area contributed by atoms with Crippen LogP contribution >= 0.6 is 0 Å². The molecular formula is C92H64N2. The highest BCUT2D eigenvalue weighted by atomic mass is 15.1. The second kappa shape index (κ2) is 21.9. The molecule has 0 radical (unpaired) electrons. The Hall–Kier alpha value is -11.8. The van der Waals surface area contributed by atoms with Crippen LogP contribution in [0.25, 0.3) is 76.8 Å². The third kappa shape index (κ3) is 8.43. The largest absolute Gasteiger partial charge is 0.310 e. The van der Waals surface area contributed by atoms with Crippen molar-refractivity contribution in [2.45, 2.75) is 24.7 Å². The lowest BCUT2D eigenvalue weighted by Crippen LogP contribution is -2.28. The fraction of sp³-hybridized carbons (Fsp3) is 0.0435. The van der Waals surface area contributed by atoms with Gasteiger partial charge in [0.25, 0.3) is 0 Å². The van der Waals surface area contributed by atoms with Crippen LogP contribution in [0, 0.1) is 13.8 Å². The minimum absolute atomic E-state index is 0.479. The summed E-state index contributed by atoms with van der Waals surface area (Å²) in [6, 6.07) is 132. The summed E-state index contributed by atoms with van der Waals surface area (Å²) in [6.07, 6.45) is 0. The first-order valence-corrected chi connectivity index (χ1v) is 32.8. The van der Waals surface area contributed by atoms with E-state index in [2.05, 4.69) is 375 Å². The van der Waals surface area contributed by atoms with Gasteiger partial charge in [-0.2, -0.15) is 0 Å². The molecule has 18 rings (SSSR count). The summed E-state index contributed by atoms with van der Waals surface area (Å²) < 4.78 is 0. The first-order chi connectivity index (χ1) is 46.4. The number of benzene rings is 16. The molecule has 2 nitrogen and oxygen atoms in total. The second-order valence-electron chi connectivity index (χ2n) is 25.6. The monoisotopic (exact) mass is 1200 g/mol. The van der Waals surface area contributed by atoms with Gasteiger partial charge in [0.1, 0.15) is 0 Å². The van der Waals surface area contributed by atoms with Crippen molar-refractivity contribution in [3.05, 3.63) is 407 Å². The van der Waals surface area contributed by atoms with Crippen molar-refractivity contribution < 1.29 is 0 Å². The second-order valence-corrected chi connectivity index (χ2v) is 25.6. The molecule has 16 aromatic carbocycles. The van der Waals surface area contributed by atoms with Crippen molar-refractivity contribution in [1.29, 1.82) is 0 Å². The maximum atomic E-state index is 2.46. The van der Waals surface area contributed by atoms with Crippen molar-refractivity contribution in [2.24, 2.45) is 0 Å². The number of hydrogen-bond donors (Lipinski definition) is 0. The van der Waals surface area contributed by atoms with E-state index >= 15 is 0 Å². The van der Waals surface area contributed by atoms with Crippen LogP contribution in [-0.2, 0) is 10.8 Å². The number of fused-ring (bicyclic) bond motifs is 6. The van der Waals surface area contributed by atoms with Gasteiger partial charge in [0.15, 0.2) is 0 Å². The number of nitrogens with zero attached hydrogens (tertiary/aromatic N) is 2. The summed E-state index contributed by atoms with van der Waals surface area (Å²) in [5, 5.41) is 7.32. The Balaban J connectivity index is 0.736. The Bertz CT molecular complexity index is 5150. The normalized spacial score (nSPS) is 13.2. The average molecular weight is 1200 g/mol. The van der Waals surface area contributed by atoms with E-state index in [1.807, 2.05) is 0 Å². The number of hydrogen-bond acceptors (Lipinski definition) is 2. The van der Waals surface area contributed by atoms with E-state index < -0.39 is 10.8 Å². The molecule has 2 aliphatic rings. The molecule has 2 aliphatic carbocycles. The van der Waals surface area contributed by atoms with E-state index in [1.54, 1.807) is 0 Å². The van der Waals surface area contributed by atoms with Crippen molar-refractivity contribution in [3.63, 3.8) is 0 Å². The molecule has 0 heterocycles. The first-order valence-electron chi connectivity index (χ1n) is 32.8. The summed E-state index contributed by atoms with van der Waals surface area (Å²) >= 11 is 0. The van der Waals surface area contributed by atoms with Crippen LogP contribution in [0.15, 0.2) is 352 Å². The number of rotatable bonds is 12. The predicted molar refractivity (Wildman–Crippen MR) is 394 cm³/mol. The van der Waals surface area contributed by atoms with Gasteiger partial charge in [-0.15, -0.1) is 0 Å². The molecule has 0 atom stereocenters. The molecule has 0 bridgehead atoms. The van der Waals surface area contributed by atoms with E-state index in [4.69, 9.17) is 0 Å². The van der Waals surface area contributed by atoms with Gasteiger partial charge < -0.3 is 9.80 Å². The predicted octanol–water partition coefficient (Wildman–Crippen LogP) is 24.2. The van der Waals surface area contributed by atoms with Crippen LogP contribution in [0.3, 0.4) is 0 Å². The van der Waals surface area contributed by atoms with Gasteiger partial charge >= 0.3 is 0 Å². The summed E-state index contributed by atoms with van der Waals surface area (Å²) in [4.78, 5) is 4.92. The van der Waals surface area contributed by atoms with E-state index in [-0.39, 0.29) is 0 Å². The molecule has 0 N–H and O–H groups in total. The fourth-order valence-electron chi connectivity index (χ4n) is 16.4. The Morgan fingerprint density at radius 3 is 0.926 bits per heavy atom. The molecule has 442 valence electrons. The zero-order chi connectivity index (χ0) is 62.5. The molecule has 94 heavy (non-hydrogen) atoms. The smallest absolute Gasteiger partial charge is 0.0713 e. The van der Waals surface area contributed by atoms with Gasteiger partial charge in [0.2, 0.25) is 0 Å². The van der Waals surface area contributed by atoms with Gasteiger partial charge in [-0.3, -0.25) is 0 Å². The Morgan fingerprint density at radius 1 is 0.223 bits per heavy atom. The summed E-state index contributed by atoms with van der Waals surface area (Å²) in [7, 11) is 0. The van der Waals surface area contributed by atoms with Crippen molar-refractivity contribution in [2.75, 3.05) is 9.80 Å². The molecule has 2 heteroatoms. The Kier molecular flexibility index (Phi) is 12.8. The maximum Gasteiger partial charge on any atom is 0.0713 e.